The molecule has 2 nitrogen and oxygen atoms in total. The van der Waals surface area contributed by atoms with E-state index >= 15 is 0 Å². The second kappa shape index (κ2) is 6.37. The van der Waals surface area contributed by atoms with E-state index in [9.17, 15) is 0 Å². The predicted molar refractivity (Wildman–Crippen MR) is 92.4 cm³/mol. The van der Waals surface area contributed by atoms with Gasteiger partial charge in [0.05, 0.1) is 0 Å². The van der Waals surface area contributed by atoms with Crippen LogP contribution in [0.4, 0.5) is 11.4 Å². The van der Waals surface area contributed by atoms with Gasteiger partial charge in [0.25, 0.3) is 0 Å². The minimum atomic E-state index is -1.27. The molecule has 106 valence electrons. The Morgan fingerprint density at radius 3 is 1.35 bits per heavy atom. The Hall–Kier alpha value is -1.40. The van der Waals surface area contributed by atoms with Crippen molar-refractivity contribution in [3.63, 3.8) is 0 Å². The normalized spacial score (nSPS) is 10.7. The Morgan fingerprint density at radius 2 is 1.00 bits per heavy atom. The van der Waals surface area contributed by atoms with Crippen LogP contribution in [0.1, 0.15) is 0 Å². The van der Waals surface area contributed by atoms with Crippen LogP contribution in [0.5, 0.6) is 0 Å². The summed E-state index contributed by atoms with van der Waals surface area (Å²) in [5, 5.41) is 0. The van der Waals surface area contributed by atoms with Crippen molar-refractivity contribution in [2.45, 2.75) is 5.71 Å². The van der Waals surface area contributed by atoms with Gasteiger partial charge in [0, 0.05) is 0 Å². The van der Waals surface area contributed by atoms with Crippen molar-refractivity contribution in [3.8, 4) is 0 Å². The van der Waals surface area contributed by atoms with Crippen molar-refractivity contribution in [2.24, 2.45) is 0 Å². The molecule has 0 aliphatic rings. The molecule has 0 N–H and O–H groups in total. The summed E-state index contributed by atoms with van der Waals surface area (Å²) in [6.07, 6.45) is 0. The number of anilines is 2. The summed E-state index contributed by atoms with van der Waals surface area (Å²) in [5.41, 5.74) is 5.13. The molecule has 0 unspecified atom stereocenters. The van der Waals surface area contributed by atoms with Gasteiger partial charge in [-0.25, -0.2) is 0 Å². The third-order valence-electron chi connectivity index (χ3n) is 3.45. The summed E-state index contributed by atoms with van der Waals surface area (Å²) in [7, 11) is 8.50. The molecule has 0 radical (unpaired) electrons. The van der Waals surface area contributed by atoms with Crippen molar-refractivity contribution in [1.82, 2.24) is 0 Å². The van der Waals surface area contributed by atoms with Crippen molar-refractivity contribution < 1.29 is 0 Å². The number of benzene rings is 2. The Labute approximate surface area is 127 Å². The molecule has 0 saturated carbocycles. The first-order valence-electron chi connectivity index (χ1n) is 6.79. The van der Waals surface area contributed by atoms with Crippen LogP contribution in [-0.2, 0) is 0 Å². The zero-order valence-corrected chi connectivity index (χ0v) is 14.8. The van der Waals surface area contributed by atoms with Crippen LogP contribution >= 0.6 is 0 Å². The zero-order chi connectivity index (χ0) is 14.7. The van der Waals surface area contributed by atoms with E-state index < -0.39 is 14.7 Å². The van der Waals surface area contributed by atoms with Gasteiger partial charge in [0.1, 0.15) is 0 Å². The predicted octanol–water partition coefficient (Wildman–Crippen LogP) is 2.06. The molecule has 3 heteroatoms. The van der Waals surface area contributed by atoms with Gasteiger partial charge in [-0.2, -0.15) is 0 Å². The molecule has 0 saturated heterocycles. The number of para-hydroxylation sites is 2. The summed E-state index contributed by atoms with van der Waals surface area (Å²) in [6, 6.07) is 17.6. The summed E-state index contributed by atoms with van der Waals surface area (Å²) < 4.78 is 3.03. The fourth-order valence-corrected chi connectivity index (χ4v) is 6.82. The van der Waals surface area contributed by atoms with Gasteiger partial charge in [-0.1, -0.05) is 0 Å². The number of nitrogens with zero attached hydrogens (tertiary/aromatic N) is 2. The second-order valence-electron chi connectivity index (χ2n) is 5.33. The molecule has 0 bridgehead atoms. The molecule has 0 amide bonds. The summed E-state index contributed by atoms with van der Waals surface area (Å²) in [6.45, 7) is 0. The van der Waals surface area contributed by atoms with E-state index in [0.29, 0.717) is 0 Å². The first-order valence-corrected chi connectivity index (χ1v) is 10.5. The van der Waals surface area contributed by atoms with Crippen LogP contribution in [0.25, 0.3) is 0 Å². The topological polar surface area (TPSA) is 6.48 Å². The molecule has 20 heavy (non-hydrogen) atoms. The summed E-state index contributed by atoms with van der Waals surface area (Å²) in [5.74, 6) is 0. The maximum atomic E-state index is 2.43. The van der Waals surface area contributed by atoms with E-state index in [0.717, 1.165) is 0 Å². The average molecular weight is 330 g/mol. The molecule has 0 aliphatic carbocycles. The Balaban J connectivity index is 2.50. The summed E-state index contributed by atoms with van der Waals surface area (Å²) >= 11 is -1.27. The van der Waals surface area contributed by atoms with Crippen molar-refractivity contribution in [2.75, 3.05) is 38.0 Å². The molecule has 2 rings (SSSR count). The van der Waals surface area contributed by atoms with Crippen LogP contribution in [0.2, 0.25) is 5.71 Å². The van der Waals surface area contributed by atoms with Crippen molar-refractivity contribution >= 4 is 34.7 Å². The average Bonchev–Trinajstić information content (AvgIpc) is 2.46. The van der Waals surface area contributed by atoms with Gasteiger partial charge in [0.15, 0.2) is 0 Å². The first-order chi connectivity index (χ1) is 9.52. The molecule has 0 heterocycles. The summed E-state index contributed by atoms with van der Waals surface area (Å²) in [4.78, 5) is 4.44. The van der Waals surface area contributed by atoms with Crippen LogP contribution in [-0.4, -0.2) is 42.8 Å². The van der Waals surface area contributed by atoms with E-state index in [1.807, 2.05) is 0 Å². The number of rotatable bonds is 4. The molecule has 0 atom stereocenters. The van der Waals surface area contributed by atoms with E-state index in [-0.39, 0.29) is 0 Å². The molecule has 2 aromatic rings. The van der Waals surface area contributed by atoms with E-state index in [1.165, 1.54) is 20.1 Å². The Kier molecular flexibility index (Phi) is 4.77. The van der Waals surface area contributed by atoms with Crippen LogP contribution in [0.3, 0.4) is 0 Å². The monoisotopic (exact) mass is 330 g/mol. The van der Waals surface area contributed by atoms with Crippen LogP contribution in [0.15, 0.2) is 48.5 Å². The molecule has 0 aromatic heterocycles. The fraction of sp³-hybridized carbons (Fsp3) is 0.294. The van der Waals surface area contributed by atoms with Gasteiger partial charge in [0.2, 0.25) is 0 Å². The molecule has 2 aromatic carbocycles. The van der Waals surface area contributed by atoms with Gasteiger partial charge in [-0.15, -0.1) is 0 Å². The van der Waals surface area contributed by atoms with E-state index in [2.05, 4.69) is 92.2 Å². The first kappa shape index (κ1) is 15.0. The standard InChI is InChI=1S/C17H23AsN2/c1-18(14-10-6-8-12-16(14)19(2)3)15-11-7-9-13-17(15)20(4)5/h6-13H,1-5H3. The van der Waals surface area contributed by atoms with E-state index in [4.69, 9.17) is 0 Å². The fourth-order valence-electron chi connectivity index (χ4n) is 2.38. The second-order valence-corrected chi connectivity index (χ2v) is 9.69. The molecule has 0 aliphatic heterocycles. The van der Waals surface area contributed by atoms with E-state index in [1.54, 1.807) is 0 Å². The zero-order valence-electron chi connectivity index (χ0n) is 13.0. The van der Waals surface area contributed by atoms with Gasteiger partial charge in [-0.3, -0.25) is 0 Å². The van der Waals surface area contributed by atoms with Gasteiger partial charge >= 0.3 is 127 Å². The van der Waals surface area contributed by atoms with Crippen LogP contribution in [0, 0.1) is 0 Å². The quantitative estimate of drug-likeness (QED) is 0.792. The molecular formula is C17H23AsN2. The molecule has 0 fully saturated rings. The Bertz CT molecular complexity index is 527. The Morgan fingerprint density at radius 1 is 0.650 bits per heavy atom. The minimum absolute atomic E-state index is 1.27. The van der Waals surface area contributed by atoms with Gasteiger partial charge in [-0.05, 0) is 0 Å². The maximum absolute atomic E-state index is 2.43. The number of hydrogen-bond donors (Lipinski definition) is 0. The van der Waals surface area contributed by atoms with Crippen molar-refractivity contribution in [3.05, 3.63) is 48.5 Å². The van der Waals surface area contributed by atoms with Crippen molar-refractivity contribution in [1.29, 1.82) is 0 Å². The molecular weight excluding hydrogens is 307 g/mol. The SMILES string of the molecule is CN(C)c1ccccc1[As](C)c1ccccc1N(C)C. The van der Waals surface area contributed by atoms with Gasteiger partial charge < -0.3 is 0 Å². The molecule has 0 spiro atoms. The third-order valence-corrected chi connectivity index (χ3v) is 8.07. The van der Waals surface area contributed by atoms with Crippen LogP contribution < -0.4 is 18.5 Å². The number of hydrogen-bond acceptors (Lipinski definition) is 2. The third kappa shape index (κ3) is 3.02.